The van der Waals surface area contributed by atoms with Crippen LogP contribution in [-0.2, 0) is 20.7 Å². The normalized spacial score (nSPS) is 16.5. The van der Waals surface area contributed by atoms with Crippen molar-refractivity contribution < 1.29 is 8.42 Å². The Labute approximate surface area is 162 Å². The first kappa shape index (κ1) is 18.1. The molecule has 0 aromatic carbocycles. The van der Waals surface area contributed by atoms with Gasteiger partial charge in [-0.1, -0.05) is 41.5 Å². The maximum Gasteiger partial charge on any atom is 0.210 e. The topological polar surface area (TPSA) is 34.1 Å². The van der Waals surface area contributed by atoms with E-state index >= 15 is 0 Å². The van der Waals surface area contributed by atoms with Gasteiger partial charge in [0, 0.05) is 11.1 Å². The number of rotatable bonds is 0. The highest BCUT2D eigenvalue weighted by Gasteiger charge is 2.46. The summed E-state index contributed by atoms with van der Waals surface area (Å²) in [6.45, 7) is 12.3. The molecule has 7 heteroatoms. The minimum atomic E-state index is -3.49. The number of sulfone groups is 1. The fourth-order valence-electron chi connectivity index (χ4n) is 2.96. The summed E-state index contributed by atoms with van der Waals surface area (Å²) in [5.74, 6) is 0. The molecule has 0 amide bonds. The Morgan fingerprint density at radius 3 is 1.30 bits per heavy atom. The van der Waals surface area contributed by atoms with E-state index in [0.29, 0.717) is 9.79 Å². The summed E-state index contributed by atoms with van der Waals surface area (Å²) in [7, 11) is -3.49. The van der Waals surface area contributed by atoms with E-state index in [2.05, 4.69) is 73.4 Å². The van der Waals surface area contributed by atoms with Gasteiger partial charge in [-0.15, -0.1) is 22.7 Å². The molecule has 0 spiro atoms. The highest BCUT2D eigenvalue weighted by Crippen LogP contribution is 2.60. The molecule has 0 aliphatic carbocycles. The maximum absolute atomic E-state index is 13.4. The van der Waals surface area contributed by atoms with Crippen molar-refractivity contribution >= 4 is 64.4 Å². The summed E-state index contributed by atoms with van der Waals surface area (Å²) >= 11 is 10.3. The van der Waals surface area contributed by atoms with Crippen LogP contribution >= 0.6 is 54.5 Å². The van der Waals surface area contributed by atoms with Crippen molar-refractivity contribution in [3.8, 4) is 9.75 Å². The Kier molecular flexibility index (Phi) is 4.06. The summed E-state index contributed by atoms with van der Waals surface area (Å²) < 4.78 is 28.7. The van der Waals surface area contributed by atoms with Gasteiger partial charge in [0.25, 0.3) is 0 Å². The van der Waals surface area contributed by atoms with E-state index in [1.807, 2.05) is 0 Å². The summed E-state index contributed by atoms with van der Waals surface area (Å²) in [6, 6.07) is 0. The van der Waals surface area contributed by atoms with Gasteiger partial charge in [0.05, 0.1) is 27.1 Å². The van der Waals surface area contributed by atoms with Crippen LogP contribution in [0.1, 0.15) is 52.7 Å². The molecule has 2 aromatic rings. The van der Waals surface area contributed by atoms with Crippen molar-refractivity contribution in [1.82, 2.24) is 0 Å². The van der Waals surface area contributed by atoms with Crippen molar-refractivity contribution in [1.29, 1.82) is 0 Å². The summed E-state index contributed by atoms with van der Waals surface area (Å²) in [5.41, 5.74) is 1.33. The number of fused-ring (bicyclic) bond motifs is 3. The van der Waals surface area contributed by atoms with Crippen LogP contribution in [-0.4, -0.2) is 8.42 Å². The van der Waals surface area contributed by atoms with E-state index in [9.17, 15) is 8.42 Å². The average Bonchev–Trinajstić information content (AvgIpc) is 2.89. The van der Waals surface area contributed by atoms with Crippen LogP contribution in [0.5, 0.6) is 0 Å². The van der Waals surface area contributed by atoms with Crippen LogP contribution < -0.4 is 0 Å². The molecular weight excluding hydrogens is 480 g/mol. The lowest BCUT2D eigenvalue weighted by molar-refractivity contribution is 0.556. The van der Waals surface area contributed by atoms with Crippen molar-refractivity contribution in [3.05, 3.63) is 18.7 Å². The zero-order valence-electron chi connectivity index (χ0n) is 13.8. The Morgan fingerprint density at radius 2 is 1.04 bits per heavy atom. The Morgan fingerprint density at radius 1 is 0.739 bits per heavy atom. The molecule has 0 bridgehead atoms. The van der Waals surface area contributed by atoms with Gasteiger partial charge in [0.2, 0.25) is 9.84 Å². The van der Waals surface area contributed by atoms with Crippen LogP contribution in [0.4, 0.5) is 0 Å². The highest BCUT2D eigenvalue weighted by atomic mass is 79.9. The lowest BCUT2D eigenvalue weighted by atomic mass is 9.88. The largest absolute Gasteiger partial charge is 0.218 e. The van der Waals surface area contributed by atoms with E-state index < -0.39 is 9.84 Å². The molecule has 2 aromatic heterocycles. The number of halogens is 2. The number of hydrogen-bond acceptors (Lipinski definition) is 4. The van der Waals surface area contributed by atoms with Crippen LogP contribution in [0.2, 0.25) is 0 Å². The molecule has 0 unspecified atom stereocenters. The molecule has 126 valence electrons. The van der Waals surface area contributed by atoms with Gasteiger partial charge >= 0.3 is 0 Å². The average molecular weight is 498 g/mol. The zero-order chi connectivity index (χ0) is 17.5. The Hall–Kier alpha value is 0.310. The lowest BCUT2D eigenvalue weighted by Gasteiger charge is -2.22. The molecule has 0 fully saturated rings. The smallest absolute Gasteiger partial charge is 0.210 e. The summed E-state index contributed by atoms with van der Waals surface area (Å²) in [4.78, 5) is 2.80. The Bertz CT molecular complexity index is 850. The van der Waals surface area contributed by atoms with Crippen molar-refractivity contribution in [2.45, 2.75) is 62.2 Å². The minimum Gasteiger partial charge on any atom is -0.218 e. The molecule has 0 atom stereocenters. The molecule has 23 heavy (non-hydrogen) atoms. The highest BCUT2D eigenvalue weighted by molar-refractivity contribution is 9.11. The number of hydrogen-bond donors (Lipinski definition) is 0. The minimum absolute atomic E-state index is 0.233. The van der Waals surface area contributed by atoms with Gasteiger partial charge in [-0.2, -0.15) is 0 Å². The second kappa shape index (κ2) is 5.16. The van der Waals surface area contributed by atoms with Crippen molar-refractivity contribution in [2.24, 2.45) is 0 Å². The summed E-state index contributed by atoms with van der Waals surface area (Å²) in [5, 5.41) is 0. The lowest BCUT2D eigenvalue weighted by Crippen LogP contribution is -2.17. The monoisotopic (exact) mass is 496 g/mol. The van der Waals surface area contributed by atoms with E-state index in [-0.39, 0.29) is 10.8 Å². The predicted molar refractivity (Wildman–Crippen MR) is 106 cm³/mol. The second-order valence-electron chi connectivity index (χ2n) is 7.82. The standard InChI is InChI=1S/C16H18Br2O2S3/c1-15(2,3)7-11-9(21-13(7)17)10-12(23(11,19)20)8(14(18)22-10)16(4,5)6/h1-6H3. The van der Waals surface area contributed by atoms with Crippen LogP contribution in [0.3, 0.4) is 0 Å². The third kappa shape index (κ3) is 2.53. The first-order chi connectivity index (χ1) is 10.3. The van der Waals surface area contributed by atoms with Gasteiger partial charge in [-0.3, -0.25) is 0 Å². The third-order valence-corrected chi connectivity index (χ3v) is 9.92. The first-order valence-corrected chi connectivity index (χ1v) is 11.9. The molecular formula is C16H18Br2O2S3. The van der Waals surface area contributed by atoms with Gasteiger partial charge in [0.15, 0.2) is 0 Å². The fourth-order valence-corrected chi connectivity index (χ4v) is 11.6. The van der Waals surface area contributed by atoms with Gasteiger partial charge < -0.3 is 0 Å². The molecule has 0 radical (unpaired) electrons. The SMILES string of the molecule is CC(C)(C)c1c(Br)sc2c1S(=O)(=O)c1c-2sc(Br)c1C(C)(C)C. The van der Waals surface area contributed by atoms with Gasteiger partial charge in [-0.05, 0) is 42.7 Å². The van der Waals surface area contributed by atoms with Gasteiger partial charge in [0.1, 0.15) is 0 Å². The molecule has 3 heterocycles. The fraction of sp³-hybridized carbons (Fsp3) is 0.500. The van der Waals surface area contributed by atoms with E-state index in [4.69, 9.17) is 0 Å². The molecule has 3 rings (SSSR count). The van der Waals surface area contributed by atoms with E-state index in [0.717, 1.165) is 28.5 Å². The molecule has 2 nitrogen and oxygen atoms in total. The van der Waals surface area contributed by atoms with Crippen molar-refractivity contribution in [3.63, 3.8) is 0 Å². The van der Waals surface area contributed by atoms with Gasteiger partial charge in [-0.25, -0.2) is 8.42 Å². The zero-order valence-corrected chi connectivity index (χ0v) is 19.4. The summed E-state index contributed by atoms with van der Waals surface area (Å²) in [6.07, 6.45) is 0. The molecule has 0 saturated heterocycles. The third-order valence-electron chi connectivity index (χ3n) is 3.89. The van der Waals surface area contributed by atoms with Crippen LogP contribution in [0.15, 0.2) is 17.4 Å². The predicted octanol–water partition coefficient (Wildman–Crippen LogP) is 6.74. The Balaban J connectivity index is 2.45. The maximum atomic E-state index is 13.4. The molecule has 1 aliphatic heterocycles. The quantitative estimate of drug-likeness (QED) is 0.344. The van der Waals surface area contributed by atoms with Crippen LogP contribution in [0.25, 0.3) is 9.75 Å². The molecule has 0 saturated carbocycles. The van der Waals surface area contributed by atoms with Crippen molar-refractivity contribution in [2.75, 3.05) is 0 Å². The number of thiophene rings is 2. The first-order valence-electron chi connectivity index (χ1n) is 7.19. The molecule has 0 N–H and O–H groups in total. The second-order valence-corrected chi connectivity index (χ2v) is 14.3. The van der Waals surface area contributed by atoms with E-state index in [1.54, 1.807) is 0 Å². The van der Waals surface area contributed by atoms with Crippen LogP contribution in [0, 0.1) is 0 Å². The molecule has 1 aliphatic rings. The van der Waals surface area contributed by atoms with E-state index in [1.165, 1.54) is 22.7 Å².